The standard InChI is InChI=1S/C14H18ClNO/c15-13-9-5-4-8-12(13)14(17)10-16-11-6-2-1-3-7-11/h1-2,4-5,8-9,11,14,16-17H,3,6-7,10H2. The molecule has 1 aromatic rings. The van der Waals surface area contributed by atoms with E-state index in [0.29, 0.717) is 17.6 Å². The molecule has 0 saturated heterocycles. The normalized spacial score (nSPS) is 21.4. The van der Waals surface area contributed by atoms with Gasteiger partial charge in [0.15, 0.2) is 0 Å². The second kappa shape index (κ2) is 6.20. The quantitative estimate of drug-likeness (QED) is 0.806. The van der Waals surface area contributed by atoms with Gasteiger partial charge < -0.3 is 10.4 Å². The average molecular weight is 252 g/mol. The van der Waals surface area contributed by atoms with Crippen molar-refractivity contribution in [3.8, 4) is 0 Å². The Balaban J connectivity index is 1.87. The zero-order chi connectivity index (χ0) is 12.1. The highest BCUT2D eigenvalue weighted by Gasteiger charge is 2.14. The zero-order valence-electron chi connectivity index (χ0n) is 9.77. The Labute approximate surface area is 107 Å². The van der Waals surface area contributed by atoms with Crippen LogP contribution in [-0.4, -0.2) is 17.7 Å². The summed E-state index contributed by atoms with van der Waals surface area (Å²) in [6.45, 7) is 0.558. The monoisotopic (exact) mass is 251 g/mol. The maximum Gasteiger partial charge on any atom is 0.0928 e. The summed E-state index contributed by atoms with van der Waals surface area (Å²) in [5, 5.41) is 14.1. The largest absolute Gasteiger partial charge is 0.387 e. The number of benzene rings is 1. The van der Waals surface area contributed by atoms with Gasteiger partial charge in [-0.15, -0.1) is 0 Å². The van der Waals surface area contributed by atoms with E-state index in [1.54, 1.807) is 0 Å². The summed E-state index contributed by atoms with van der Waals surface area (Å²) < 4.78 is 0. The number of rotatable bonds is 4. The highest BCUT2D eigenvalue weighted by atomic mass is 35.5. The smallest absolute Gasteiger partial charge is 0.0928 e. The lowest BCUT2D eigenvalue weighted by molar-refractivity contribution is 0.169. The molecule has 0 fully saturated rings. The van der Waals surface area contributed by atoms with Gasteiger partial charge in [-0.25, -0.2) is 0 Å². The van der Waals surface area contributed by atoms with Crippen molar-refractivity contribution in [2.45, 2.75) is 31.4 Å². The minimum absolute atomic E-state index is 0.483. The molecule has 1 aromatic carbocycles. The average Bonchev–Trinajstić information content (AvgIpc) is 2.38. The lowest BCUT2D eigenvalue weighted by atomic mass is 10.0. The lowest BCUT2D eigenvalue weighted by Gasteiger charge is -2.21. The van der Waals surface area contributed by atoms with Crippen molar-refractivity contribution >= 4 is 11.6 Å². The molecule has 1 aliphatic rings. The van der Waals surface area contributed by atoms with Gasteiger partial charge in [0, 0.05) is 23.2 Å². The SMILES string of the molecule is OC(CNC1CC=CCC1)c1ccccc1Cl. The number of aliphatic hydroxyl groups is 1. The summed E-state index contributed by atoms with van der Waals surface area (Å²) in [4.78, 5) is 0. The molecule has 0 spiro atoms. The molecule has 0 aromatic heterocycles. The maximum atomic E-state index is 10.1. The number of nitrogens with one attached hydrogen (secondary N) is 1. The van der Waals surface area contributed by atoms with Gasteiger partial charge >= 0.3 is 0 Å². The van der Waals surface area contributed by atoms with Crippen LogP contribution in [0, 0.1) is 0 Å². The van der Waals surface area contributed by atoms with Gasteiger partial charge in [-0.2, -0.15) is 0 Å². The predicted octanol–water partition coefficient (Wildman–Crippen LogP) is 3.07. The Morgan fingerprint density at radius 1 is 1.35 bits per heavy atom. The number of hydrogen-bond donors (Lipinski definition) is 2. The Morgan fingerprint density at radius 3 is 2.88 bits per heavy atom. The zero-order valence-corrected chi connectivity index (χ0v) is 10.5. The molecule has 0 aliphatic heterocycles. The van der Waals surface area contributed by atoms with E-state index in [1.165, 1.54) is 0 Å². The van der Waals surface area contributed by atoms with E-state index in [9.17, 15) is 5.11 Å². The molecule has 0 saturated carbocycles. The highest BCUT2D eigenvalue weighted by molar-refractivity contribution is 6.31. The van der Waals surface area contributed by atoms with Crippen molar-refractivity contribution < 1.29 is 5.11 Å². The molecule has 1 aliphatic carbocycles. The van der Waals surface area contributed by atoms with Gasteiger partial charge in [-0.05, 0) is 25.3 Å². The van der Waals surface area contributed by atoms with Crippen LogP contribution < -0.4 is 5.32 Å². The van der Waals surface area contributed by atoms with E-state index < -0.39 is 6.10 Å². The van der Waals surface area contributed by atoms with Crippen LogP contribution in [0.1, 0.15) is 30.9 Å². The van der Waals surface area contributed by atoms with Crippen LogP contribution in [0.3, 0.4) is 0 Å². The summed E-state index contributed by atoms with van der Waals surface area (Å²) in [5.41, 5.74) is 0.799. The van der Waals surface area contributed by atoms with Crippen molar-refractivity contribution in [1.82, 2.24) is 5.32 Å². The van der Waals surface area contributed by atoms with Crippen LogP contribution in [0.5, 0.6) is 0 Å². The molecule has 2 nitrogen and oxygen atoms in total. The third-order valence-electron chi connectivity index (χ3n) is 3.13. The molecule has 3 heteroatoms. The van der Waals surface area contributed by atoms with Crippen molar-refractivity contribution in [3.05, 3.63) is 47.0 Å². The first kappa shape index (κ1) is 12.6. The predicted molar refractivity (Wildman–Crippen MR) is 71.2 cm³/mol. The van der Waals surface area contributed by atoms with Crippen LogP contribution in [0.2, 0.25) is 5.02 Å². The third kappa shape index (κ3) is 3.56. The maximum absolute atomic E-state index is 10.1. The summed E-state index contributed by atoms with van der Waals surface area (Å²) in [6, 6.07) is 7.93. The van der Waals surface area contributed by atoms with Gasteiger partial charge in [-0.1, -0.05) is 42.0 Å². The summed E-state index contributed by atoms with van der Waals surface area (Å²) in [6.07, 6.45) is 7.20. The fourth-order valence-corrected chi connectivity index (χ4v) is 2.37. The minimum atomic E-state index is -0.533. The molecule has 0 amide bonds. The number of hydrogen-bond acceptors (Lipinski definition) is 2. The second-order valence-corrected chi connectivity index (χ2v) is 4.83. The van der Waals surface area contributed by atoms with Crippen molar-refractivity contribution in [2.75, 3.05) is 6.54 Å². The van der Waals surface area contributed by atoms with Gasteiger partial charge in [0.25, 0.3) is 0 Å². The lowest BCUT2D eigenvalue weighted by Crippen LogP contribution is -2.33. The van der Waals surface area contributed by atoms with Gasteiger partial charge in [0.05, 0.1) is 6.10 Å². The van der Waals surface area contributed by atoms with E-state index in [-0.39, 0.29) is 0 Å². The Morgan fingerprint density at radius 2 is 2.18 bits per heavy atom. The summed E-state index contributed by atoms with van der Waals surface area (Å²) in [5.74, 6) is 0. The van der Waals surface area contributed by atoms with E-state index in [4.69, 9.17) is 11.6 Å². The fraction of sp³-hybridized carbons (Fsp3) is 0.429. The van der Waals surface area contributed by atoms with Crippen LogP contribution in [0.15, 0.2) is 36.4 Å². The first-order chi connectivity index (χ1) is 8.27. The van der Waals surface area contributed by atoms with E-state index >= 15 is 0 Å². The minimum Gasteiger partial charge on any atom is -0.387 e. The first-order valence-electron chi connectivity index (χ1n) is 6.08. The number of aliphatic hydroxyl groups excluding tert-OH is 1. The van der Waals surface area contributed by atoms with E-state index in [2.05, 4.69) is 17.5 Å². The molecule has 2 rings (SSSR count). The topological polar surface area (TPSA) is 32.3 Å². The van der Waals surface area contributed by atoms with E-state index in [1.807, 2.05) is 24.3 Å². The Hall–Kier alpha value is -0.830. The number of allylic oxidation sites excluding steroid dienone is 1. The van der Waals surface area contributed by atoms with Gasteiger partial charge in [0.2, 0.25) is 0 Å². The molecule has 17 heavy (non-hydrogen) atoms. The van der Waals surface area contributed by atoms with Crippen LogP contribution in [-0.2, 0) is 0 Å². The molecule has 0 bridgehead atoms. The fourth-order valence-electron chi connectivity index (χ4n) is 2.11. The Bertz CT molecular complexity index is 392. The molecule has 0 radical (unpaired) electrons. The molecular weight excluding hydrogens is 234 g/mol. The van der Waals surface area contributed by atoms with E-state index in [0.717, 1.165) is 24.8 Å². The first-order valence-corrected chi connectivity index (χ1v) is 6.46. The third-order valence-corrected chi connectivity index (χ3v) is 3.48. The molecule has 0 heterocycles. The number of halogens is 1. The Kier molecular flexibility index (Phi) is 4.60. The molecule has 2 unspecified atom stereocenters. The highest BCUT2D eigenvalue weighted by Crippen LogP contribution is 2.22. The van der Waals surface area contributed by atoms with Crippen LogP contribution >= 0.6 is 11.6 Å². The molecule has 2 atom stereocenters. The molecular formula is C14H18ClNO. The van der Waals surface area contributed by atoms with Crippen molar-refractivity contribution in [1.29, 1.82) is 0 Å². The van der Waals surface area contributed by atoms with Gasteiger partial charge in [-0.3, -0.25) is 0 Å². The summed E-state index contributed by atoms with van der Waals surface area (Å²) >= 11 is 6.04. The second-order valence-electron chi connectivity index (χ2n) is 4.43. The van der Waals surface area contributed by atoms with Crippen LogP contribution in [0.4, 0.5) is 0 Å². The van der Waals surface area contributed by atoms with Crippen molar-refractivity contribution in [2.24, 2.45) is 0 Å². The van der Waals surface area contributed by atoms with Crippen LogP contribution in [0.25, 0.3) is 0 Å². The molecule has 2 N–H and O–H groups in total. The van der Waals surface area contributed by atoms with Crippen molar-refractivity contribution in [3.63, 3.8) is 0 Å². The van der Waals surface area contributed by atoms with Gasteiger partial charge in [0.1, 0.15) is 0 Å². The molecule has 92 valence electrons. The summed E-state index contributed by atoms with van der Waals surface area (Å²) in [7, 11) is 0.